The van der Waals surface area contributed by atoms with Gasteiger partial charge in [0.15, 0.2) is 0 Å². The van der Waals surface area contributed by atoms with E-state index in [9.17, 15) is 4.79 Å². The number of nitrogens with two attached hydrogens (primary N) is 1. The minimum Gasteiger partial charge on any atom is -0.348 e. The molecular weight excluding hydrogens is 262 g/mol. The number of nitrogens with zero attached hydrogens (tertiary/aromatic N) is 1. The Balaban J connectivity index is 2.08. The lowest BCUT2D eigenvalue weighted by Gasteiger charge is -2.14. The van der Waals surface area contributed by atoms with Crippen molar-refractivity contribution in [3.05, 3.63) is 41.1 Å². The van der Waals surface area contributed by atoms with Crippen LogP contribution in [0.5, 0.6) is 0 Å². The van der Waals surface area contributed by atoms with Crippen molar-refractivity contribution in [1.82, 2.24) is 10.3 Å². The third-order valence-corrected chi connectivity index (χ3v) is 3.96. The van der Waals surface area contributed by atoms with Crippen molar-refractivity contribution in [2.75, 3.05) is 6.54 Å². The Bertz CT molecular complexity index is 692. The molecule has 1 aromatic heterocycles. The molecule has 0 aliphatic heterocycles. The summed E-state index contributed by atoms with van der Waals surface area (Å²) >= 11 is 0. The lowest BCUT2D eigenvalue weighted by molar-refractivity contribution is 0.0943. The zero-order valence-corrected chi connectivity index (χ0v) is 12.5. The molecule has 1 aliphatic rings. The topological polar surface area (TPSA) is 68.0 Å². The fraction of sp³-hybridized carbons (Fsp3) is 0.412. The van der Waals surface area contributed by atoms with E-state index < -0.39 is 0 Å². The van der Waals surface area contributed by atoms with Gasteiger partial charge in [0, 0.05) is 29.6 Å². The van der Waals surface area contributed by atoms with Gasteiger partial charge in [-0.15, -0.1) is 0 Å². The summed E-state index contributed by atoms with van der Waals surface area (Å²) in [6, 6.07) is 7.99. The van der Waals surface area contributed by atoms with Crippen molar-refractivity contribution in [3.8, 4) is 0 Å². The normalized spacial score (nSPS) is 16.0. The number of nitrogens with one attached hydrogen (secondary N) is 1. The second kappa shape index (κ2) is 5.45. The molecule has 4 heteroatoms. The maximum atomic E-state index is 12.5. The van der Waals surface area contributed by atoms with Crippen molar-refractivity contribution in [2.45, 2.75) is 38.6 Å². The number of amides is 1. The summed E-state index contributed by atoms with van der Waals surface area (Å²) in [5.41, 5.74) is 9.38. The van der Waals surface area contributed by atoms with E-state index >= 15 is 0 Å². The summed E-state index contributed by atoms with van der Waals surface area (Å²) in [5, 5.41) is 3.87. The van der Waals surface area contributed by atoms with E-state index in [-0.39, 0.29) is 11.9 Å². The molecule has 0 saturated heterocycles. The largest absolute Gasteiger partial charge is 0.348 e. The van der Waals surface area contributed by atoms with Crippen LogP contribution in [0.2, 0.25) is 0 Å². The average Bonchev–Trinajstić information content (AvgIpc) is 3.30. The molecule has 3 N–H and O–H groups in total. The van der Waals surface area contributed by atoms with Gasteiger partial charge in [-0.25, -0.2) is 0 Å². The van der Waals surface area contributed by atoms with Crippen LogP contribution in [0.4, 0.5) is 0 Å². The molecular formula is C17H21N3O. The molecule has 1 amide bonds. The zero-order valence-electron chi connectivity index (χ0n) is 12.5. The van der Waals surface area contributed by atoms with Crippen LogP contribution in [0.3, 0.4) is 0 Å². The molecule has 1 aliphatic carbocycles. The van der Waals surface area contributed by atoms with Gasteiger partial charge in [-0.2, -0.15) is 0 Å². The molecule has 0 bridgehead atoms. The maximum Gasteiger partial charge on any atom is 0.252 e. The Kier molecular flexibility index (Phi) is 3.64. The highest BCUT2D eigenvalue weighted by atomic mass is 16.1. The fourth-order valence-corrected chi connectivity index (χ4v) is 2.50. The number of benzene rings is 1. The van der Waals surface area contributed by atoms with Crippen molar-refractivity contribution < 1.29 is 4.79 Å². The molecule has 2 aromatic rings. The quantitative estimate of drug-likeness (QED) is 0.906. The van der Waals surface area contributed by atoms with Gasteiger partial charge >= 0.3 is 0 Å². The molecule has 1 saturated carbocycles. The number of carbonyl (C=O) groups excluding carboxylic acids is 1. The third kappa shape index (κ3) is 2.90. The second-order valence-corrected chi connectivity index (χ2v) is 6.00. The SMILES string of the molecule is Cc1ccc2nc(C3CC3)cc(C(=O)N[C@@H](C)CN)c2c1. The van der Waals surface area contributed by atoms with Crippen LogP contribution in [0, 0.1) is 6.92 Å². The highest BCUT2D eigenvalue weighted by Crippen LogP contribution is 2.40. The first-order valence-electron chi connectivity index (χ1n) is 7.50. The first-order valence-corrected chi connectivity index (χ1v) is 7.50. The number of hydrogen-bond donors (Lipinski definition) is 2. The average molecular weight is 283 g/mol. The summed E-state index contributed by atoms with van der Waals surface area (Å²) in [5.74, 6) is 0.460. The monoisotopic (exact) mass is 283 g/mol. The van der Waals surface area contributed by atoms with Crippen LogP contribution in [0.1, 0.15) is 47.3 Å². The second-order valence-electron chi connectivity index (χ2n) is 6.00. The number of carbonyl (C=O) groups is 1. The predicted molar refractivity (Wildman–Crippen MR) is 84.4 cm³/mol. The summed E-state index contributed by atoms with van der Waals surface area (Å²) in [4.78, 5) is 17.3. The molecule has 1 aromatic carbocycles. The van der Waals surface area contributed by atoms with Gasteiger partial charge in [0.05, 0.1) is 11.1 Å². The standard InChI is InChI=1S/C17H21N3O/c1-10-3-6-15-13(7-10)14(17(21)19-11(2)9-18)8-16(20-15)12-4-5-12/h3,6-8,11-12H,4-5,9,18H2,1-2H3,(H,19,21)/t11-/m0/s1. The number of aryl methyl sites for hydroxylation is 1. The van der Waals surface area contributed by atoms with Gasteiger partial charge in [-0.3, -0.25) is 9.78 Å². The molecule has 110 valence electrons. The fourth-order valence-electron chi connectivity index (χ4n) is 2.50. The molecule has 1 fully saturated rings. The Morgan fingerprint density at radius 1 is 1.43 bits per heavy atom. The molecule has 3 rings (SSSR count). The van der Waals surface area contributed by atoms with Gasteiger partial charge in [-0.05, 0) is 44.9 Å². The first-order chi connectivity index (χ1) is 10.1. The van der Waals surface area contributed by atoms with E-state index in [0.29, 0.717) is 18.0 Å². The highest BCUT2D eigenvalue weighted by molar-refractivity contribution is 6.06. The van der Waals surface area contributed by atoms with E-state index in [1.165, 1.54) is 12.8 Å². The van der Waals surface area contributed by atoms with Crippen LogP contribution in [0.25, 0.3) is 10.9 Å². The van der Waals surface area contributed by atoms with Crippen molar-refractivity contribution in [1.29, 1.82) is 0 Å². The number of aromatic nitrogens is 1. The van der Waals surface area contributed by atoms with Gasteiger partial charge < -0.3 is 11.1 Å². The molecule has 0 unspecified atom stereocenters. The molecule has 21 heavy (non-hydrogen) atoms. The molecule has 1 atom stereocenters. The molecule has 0 spiro atoms. The van der Waals surface area contributed by atoms with E-state index in [0.717, 1.165) is 22.2 Å². The van der Waals surface area contributed by atoms with Crippen LogP contribution in [-0.2, 0) is 0 Å². The summed E-state index contributed by atoms with van der Waals surface area (Å²) < 4.78 is 0. The lowest BCUT2D eigenvalue weighted by Crippen LogP contribution is -2.37. The van der Waals surface area contributed by atoms with Crippen LogP contribution >= 0.6 is 0 Å². The minimum atomic E-state index is -0.0622. The Labute approximate surface area is 124 Å². The first kappa shape index (κ1) is 14.0. The van der Waals surface area contributed by atoms with E-state index in [1.54, 1.807) is 0 Å². The van der Waals surface area contributed by atoms with Crippen LogP contribution < -0.4 is 11.1 Å². The van der Waals surface area contributed by atoms with Crippen molar-refractivity contribution in [3.63, 3.8) is 0 Å². The molecule has 1 heterocycles. The summed E-state index contributed by atoms with van der Waals surface area (Å²) in [6.07, 6.45) is 2.34. The van der Waals surface area contributed by atoms with E-state index in [1.807, 2.05) is 38.1 Å². The summed E-state index contributed by atoms with van der Waals surface area (Å²) in [6.45, 7) is 4.37. The van der Waals surface area contributed by atoms with Crippen LogP contribution in [0.15, 0.2) is 24.3 Å². The van der Waals surface area contributed by atoms with Gasteiger partial charge in [0.1, 0.15) is 0 Å². The van der Waals surface area contributed by atoms with Gasteiger partial charge in [0.25, 0.3) is 5.91 Å². The van der Waals surface area contributed by atoms with E-state index in [2.05, 4.69) is 5.32 Å². The maximum absolute atomic E-state index is 12.5. The van der Waals surface area contributed by atoms with Crippen LogP contribution in [-0.4, -0.2) is 23.5 Å². The number of hydrogen-bond acceptors (Lipinski definition) is 3. The van der Waals surface area contributed by atoms with Gasteiger partial charge in [0.2, 0.25) is 0 Å². The van der Waals surface area contributed by atoms with Crippen molar-refractivity contribution in [2.24, 2.45) is 5.73 Å². The van der Waals surface area contributed by atoms with Crippen molar-refractivity contribution >= 4 is 16.8 Å². The zero-order chi connectivity index (χ0) is 15.0. The number of pyridine rings is 1. The Morgan fingerprint density at radius 2 is 2.19 bits per heavy atom. The number of fused-ring (bicyclic) bond motifs is 1. The Hall–Kier alpha value is -1.94. The highest BCUT2D eigenvalue weighted by Gasteiger charge is 2.27. The molecule has 4 nitrogen and oxygen atoms in total. The minimum absolute atomic E-state index is 0.0325. The number of rotatable bonds is 4. The van der Waals surface area contributed by atoms with E-state index in [4.69, 9.17) is 10.7 Å². The lowest BCUT2D eigenvalue weighted by atomic mass is 10.0. The smallest absolute Gasteiger partial charge is 0.252 e. The molecule has 0 radical (unpaired) electrons. The predicted octanol–water partition coefficient (Wildman–Crippen LogP) is 2.50. The Morgan fingerprint density at radius 3 is 2.86 bits per heavy atom. The summed E-state index contributed by atoms with van der Waals surface area (Å²) in [7, 11) is 0. The van der Waals surface area contributed by atoms with Gasteiger partial charge in [-0.1, -0.05) is 11.6 Å². The third-order valence-electron chi connectivity index (χ3n) is 3.96.